The number of rotatable bonds is 4. The number of aryl methyl sites for hydroxylation is 1. The molecule has 0 saturated heterocycles. The van der Waals surface area contributed by atoms with Crippen LogP contribution in [0.15, 0.2) is 54.6 Å². The van der Waals surface area contributed by atoms with Gasteiger partial charge in [0.15, 0.2) is 0 Å². The zero-order chi connectivity index (χ0) is 21.9. The van der Waals surface area contributed by atoms with E-state index in [0.29, 0.717) is 5.56 Å². The van der Waals surface area contributed by atoms with Gasteiger partial charge in [0.05, 0.1) is 17.8 Å². The molecule has 0 radical (unpaired) electrons. The van der Waals surface area contributed by atoms with Crippen molar-refractivity contribution in [3.63, 3.8) is 0 Å². The summed E-state index contributed by atoms with van der Waals surface area (Å²) in [6.07, 6.45) is 0.133. The van der Waals surface area contributed by atoms with Gasteiger partial charge in [-0.2, -0.15) is 5.10 Å². The Morgan fingerprint density at radius 3 is 2.17 bits per heavy atom. The molecule has 0 atom stereocenters. The summed E-state index contributed by atoms with van der Waals surface area (Å²) in [5.41, 5.74) is 10.1. The maximum Gasteiger partial charge on any atom is 0.269 e. The number of carbonyl (C=O) groups excluding carboxylic acids is 2. The number of nitrogens with one attached hydrogen (secondary N) is 2. The minimum absolute atomic E-state index is 0.0170. The minimum Gasteiger partial charge on any atom is -0.273 e. The third-order valence-electron chi connectivity index (χ3n) is 5.11. The molecule has 156 valence electrons. The average Bonchev–Trinajstić information content (AvgIpc) is 3.00. The van der Waals surface area contributed by atoms with E-state index in [2.05, 4.69) is 36.7 Å². The van der Waals surface area contributed by atoms with E-state index >= 15 is 0 Å². The van der Waals surface area contributed by atoms with Crippen LogP contribution in [-0.4, -0.2) is 21.6 Å². The second-order valence-electron chi connectivity index (χ2n) is 8.40. The maximum atomic E-state index is 12.4. The quantitative estimate of drug-likeness (QED) is 0.650. The van der Waals surface area contributed by atoms with Crippen LogP contribution in [-0.2, 0) is 16.6 Å². The summed E-state index contributed by atoms with van der Waals surface area (Å²) < 4.78 is 1.83. The highest BCUT2D eigenvalue weighted by Crippen LogP contribution is 2.22. The van der Waals surface area contributed by atoms with E-state index in [4.69, 9.17) is 0 Å². The molecule has 1 heterocycles. The summed E-state index contributed by atoms with van der Waals surface area (Å²) in [5, 5.41) is 4.55. The summed E-state index contributed by atoms with van der Waals surface area (Å²) in [6.45, 7) is 10.2. The molecule has 1 aromatic heterocycles. The predicted octanol–water partition coefficient (Wildman–Crippen LogP) is 3.79. The number of hydrogen-bond donors (Lipinski definition) is 2. The van der Waals surface area contributed by atoms with E-state index in [1.165, 1.54) is 0 Å². The highest BCUT2D eigenvalue weighted by molar-refractivity contribution is 5.95. The second kappa shape index (κ2) is 8.53. The predicted molar refractivity (Wildman–Crippen MR) is 117 cm³/mol. The Bertz CT molecular complexity index is 1050. The van der Waals surface area contributed by atoms with Crippen LogP contribution in [0.1, 0.15) is 53.6 Å². The normalized spacial score (nSPS) is 11.2. The van der Waals surface area contributed by atoms with Crippen LogP contribution in [0.3, 0.4) is 0 Å². The third kappa shape index (κ3) is 4.76. The van der Waals surface area contributed by atoms with Crippen molar-refractivity contribution >= 4 is 11.8 Å². The summed E-state index contributed by atoms with van der Waals surface area (Å²) in [7, 11) is 0. The Balaban J connectivity index is 1.62. The van der Waals surface area contributed by atoms with Crippen molar-refractivity contribution in [1.82, 2.24) is 20.6 Å². The maximum absolute atomic E-state index is 12.4. The molecule has 3 aromatic rings. The Kier molecular flexibility index (Phi) is 6.06. The van der Waals surface area contributed by atoms with Gasteiger partial charge in [0.25, 0.3) is 5.91 Å². The number of hydrogen-bond acceptors (Lipinski definition) is 3. The van der Waals surface area contributed by atoms with Crippen molar-refractivity contribution in [3.8, 4) is 5.69 Å². The lowest BCUT2D eigenvalue weighted by atomic mass is 9.87. The fourth-order valence-corrected chi connectivity index (χ4v) is 3.28. The molecule has 6 nitrogen and oxygen atoms in total. The number of para-hydroxylation sites is 1. The Morgan fingerprint density at radius 1 is 0.933 bits per heavy atom. The molecule has 2 amide bonds. The summed E-state index contributed by atoms with van der Waals surface area (Å²) in [5.74, 6) is -0.647. The fraction of sp³-hybridized carbons (Fsp3) is 0.292. The van der Waals surface area contributed by atoms with Crippen molar-refractivity contribution in [1.29, 1.82) is 0 Å². The van der Waals surface area contributed by atoms with Gasteiger partial charge in [-0.05, 0) is 49.1 Å². The monoisotopic (exact) mass is 404 g/mol. The molecule has 2 aromatic carbocycles. The molecular weight excluding hydrogens is 376 g/mol. The van der Waals surface area contributed by atoms with Gasteiger partial charge < -0.3 is 0 Å². The van der Waals surface area contributed by atoms with Crippen LogP contribution in [0.5, 0.6) is 0 Å². The molecule has 30 heavy (non-hydrogen) atoms. The van der Waals surface area contributed by atoms with Crippen LogP contribution in [0.4, 0.5) is 0 Å². The van der Waals surface area contributed by atoms with Crippen LogP contribution >= 0.6 is 0 Å². The Morgan fingerprint density at radius 2 is 1.57 bits per heavy atom. The standard InChI is InChI=1S/C24H28N4O2/c1-16-21(17(2)28(27-16)20-9-7-6-8-10-20)15-22(29)25-26-23(30)18-11-13-19(14-12-18)24(3,4)5/h6-14H,15H2,1-5H3,(H,25,29)(H,26,30). The van der Waals surface area contributed by atoms with Gasteiger partial charge in [0, 0.05) is 16.8 Å². The number of benzene rings is 2. The Labute approximate surface area is 177 Å². The van der Waals surface area contributed by atoms with Crippen LogP contribution in [0.2, 0.25) is 0 Å². The van der Waals surface area contributed by atoms with E-state index in [9.17, 15) is 9.59 Å². The first-order chi connectivity index (χ1) is 14.2. The van der Waals surface area contributed by atoms with Crippen molar-refractivity contribution in [2.45, 2.75) is 46.5 Å². The molecule has 3 rings (SSSR count). The molecular formula is C24H28N4O2. The van der Waals surface area contributed by atoms with Gasteiger partial charge in [-0.15, -0.1) is 0 Å². The van der Waals surface area contributed by atoms with Crippen molar-refractivity contribution in [2.75, 3.05) is 0 Å². The van der Waals surface area contributed by atoms with Gasteiger partial charge in [0.1, 0.15) is 0 Å². The van der Waals surface area contributed by atoms with E-state index in [0.717, 1.165) is 28.2 Å². The van der Waals surface area contributed by atoms with E-state index in [1.54, 1.807) is 12.1 Å². The molecule has 2 N–H and O–H groups in total. The number of amides is 2. The van der Waals surface area contributed by atoms with Gasteiger partial charge in [-0.3, -0.25) is 20.4 Å². The average molecular weight is 405 g/mol. The first-order valence-corrected chi connectivity index (χ1v) is 9.97. The van der Waals surface area contributed by atoms with Crippen LogP contribution < -0.4 is 10.9 Å². The van der Waals surface area contributed by atoms with Gasteiger partial charge in [0.2, 0.25) is 5.91 Å². The summed E-state index contributed by atoms with van der Waals surface area (Å²) in [4.78, 5) is 24.8. The smallest absolute Gasteiger partial charge is 0.269 e. The SMILES string of the molecule is Cc1nn(-c2ccccc2)c(C)c1CC(=O)NNC(=O)c1ccc(C(C)(C)C)cc1. The number of aromatic nitrogens is 2. The third-order valence-corrected chi connectivity index (χ3v) is 5.11. The first kappa shape index (κ1) is 21.3. The van der Waals surface area contributed by atoms with Gasteiger partial charge >= 0.3 is 0 Å². The Hall–Kier alpha value is -3.41. The molecule has 0 spiro atoms. The first-order valence-electron chi connectivity index (χ1n) is 9.97. The molecule has 0 aliphatic heterocycles. The fourth-order valence-electron chi connectivity index (χ4n) is 3.28. The lowest BCUT2D eigenvalue weighted by Crippen LogP contribution is -2.42. The molecule has 0 unspecified atom stereocenters. The second-order valence-corrected chi connectivity index (χ2v) is 8.40. The number of carbonyl (C=O) groups is 2. The zero-order valence-electron chi connectivity index (χ0n) is 18.1. The lowest BCUT2D eigenvalue weighted by Gasteiger charge is -2.19. The summed E-state index contributed by atoms with van der Waals surface area (Å²) >= 11 is 0. The van der Waals surface area contributed by atoms with E-state index in [-0.39, 0.29) is 23.7 Å². The summed E-state index contributed by atoms with van der Waals surface area (Å²) in [6, 6.07) is 17.2. The number of nitrogens with zero attached hydrogens (tertiary/aromatic N) is 2. The molecule has 0 fully saturated rings. The van der Waals surface area contributed by atoms with E-state index < -0.39 is 0 Å². The highest BCUT2D eigenvalue weighted by Gasteiger charge is 2.17. The van der Waals surface area contributed by atoms with Crippen LogP contribution in [0.25, 0.3) is 5.69 Å². The molecule has 0 aliphatic carbocycles. The molecule has 0 saturated carbocycles. The van der Waals surface area contributed by atoms with Crippen molar-refractivity contribution in [2.24, 2.45) is 0 Å². The molecule has 0 bridgehead atoms. The molecule has 0 aliphatic rings. The van der Waals surface area contributed by atoms with E-state index in [1.807, 2.05) is 61.0 Å². The van der Waals surface area contributed by atoms with Crippen molar-refractivity contribution < 1.29 is 9.59 Å². The lowest BCUT2D eigenvalue weighted by molar-refractivity contribution is -0.121. The van der Waals surface area contributed by atoms with Crippen molar-refractivity contribution in [3.05, 3.63) is 82.7 Å². The molecule has 6 heteroatoms. The minimum atomic E-state index is -0.350. The van der Waals surface area contributed by atoms with Crippen LogP contribution in [0, 0.1) is 13.8 Å². The number of hydrazine groups is 1. The topological polar surface area (TPSA) is 76.0 Å². The zero-order valence-corrected chi connectivity index (χ0v) is 18.1. The van der Waals surface area contributed by atoms with Gasteiger partial charge in [-0.25, -0.2) is 4.68 Å². The largest absolute Gasteiger partial charge is 0.273 e. The highest BCUT2D eigenvalue weighted by atomic mass is 16.2. The van der Waals surface area contributed by atoms with Gasteiger partial charge in [-0.1, -0.05) is 51.1 Å².